The average Bonchev–Trinajstić information content (AvgIpc) is 3.23. The lowest BCUT2D eigenvalue weighted by molar-refractivity contribution is -0.125. The number of hydrogen-bond acceptors (Lipinski definition) is 5. The predicted molar refractivity (Wildman–Crippen MR) is 118 cm³/mol. The van der Waals surface area contributed by atoms with Crippen molar-refractivity contribution < 1.29 is 14.3 Å². The smallest absolute Gasteiger partial charge is 0.270 e. The van der Waals surface area contributed by atoms with Crippen LogP contribution in [-0.4, -0.2) is 23.6 Å². The van der Waals surface area contributed by atoms with Crippen LogP contribution in [0.2, 0.25) is 0 Å². The zero-order valence-electron chi connectivity index (χ0n) is 15.9. The van der Waals surface area contributed by atoms with Crippen LogP contribution in [-0.2, 0) is 4.79 Å². The molecule has 1 aliphatic rings. The molecule has 5 rings (SSSR count). The number of anilines is 1. The maximum atomic E-state index is 12.8. The highest BCUT2D eigenvalue weighted by Crippen LogP contribution is 2.39. The number of thiazole rings is 1. The molecule has 3 aromatic carbocycles. The second-order valence-corrected chi connectivity index (χ2v) is 7.78. The minimum absolute atomic E-state index is 0.158. The third-order valence-electron chi connectivity index (χ3n) is 4.74. The van der Waals surface area contributed by atoms with E-state index in [0.29, 0.717) is 16.6 Å². The summed E-state index contributed by atoms with van der Waals surface area (Å²) in [7, 11) is 0. The van der Waals surface area contributed by atoms with E-state index in [0.717, 1.165) is 21.7 Å². The summed E-state index contributed by atoms with van der Waals surface area (Å²) in [6, 6.07) is 27.3. The van der Waals surface area contributed by atoms with E-state index in [1.54, 1.807) is 6.07 Å². The Labute approximate surface area is 177 Å². The first-order valence-corrected chi connectivity index (χ1v) is 10.4. The van der Waals surface area contributed by atoms with Crippen molar-refractivity contribution in [3.05, 3.63) is 84.9 Å². The number of hydrogen-bond donors (Lipinski definition) is 1. The zero-order chi connectivity index (χ0) is 20.3. The number of para-hydroxylation sites is 2. The largest absolute Gasteiger partial charge is 0.485 e. The fourth-order valence-electron chi connectivity index (χ4n) is 3.29. The van der Waals surface area contributed by atoms with Gasteiger partial charge in [-0.2, -0.15) is 0 Å². The van der Waals surface area contributed by atoms with Gasteiger partial charge in [0.15, 0.2) is 16.6 Å². The number of amides is 1. The number of carbonyl (C=O) groups excluding carboxylic acids is 1. The van der Waals surface area contributed by atoms with Crippen molar-refractivity contribution in [1.82, 2.24) is 4.98 Å². The molecule has 1 atom stereocenters. The molecule has 0 saturated carbocycles. The molecule has 1 N–H and O–H groups in total. The van der Waals surface area contributed by atoms with Crippen molar-refractivity contribution in [1.29, 1.82) is 0 Å². The molecule has 0 fully saturated rings. The van der Waals surface area contributed by atoms with Gasteiger partial charge in [0.25, 0.3) is 5.91 Å². The van der Waals surface area contributed by atoms with Gasteiger partial charge in [-0.15, -0.1) is 0 Å². The van der Waals surface area contributed by atoms with E-state index in [1.165, 1.54) is 11.3 Å². The highest BCUT2D eigenvalue weighted by atomic mass is 32.1. The summed E-state index contributed by atoms with van der Waals surface area (Å²) in [6.07, 6.45) is -0.732. The van der Waals surface area contributed by atoms with Gasteiger partial charge in [-0.3, -0.25) is 10.1 Å². The van der Waals surface area contributed by atoms with E-state index in [9.17, 15) is 4.79 Å². The fourth-order valence-corrected chi connectivity index (χ4v) is 4.28. The second-order valence-electron chi connectivity index (χ2n) is 6.78. The van der Waals surface area contributed by atoms with E-state index in [4.69, 9.17) is 14.5 Å². The van der Waals surface area contributed by atoms with Crippen LogP contribution >= 0.6 is 11.3 Å². The zero-order valence-corrected chi connectivity index (χ0v) is 16.8. The van der Waals surface area contributed by atoms with E-state index in [-0.39, 0.29) is 12.5 Å². The minimum atomic E-state index is -0.732. The lowest BCUT2D eigenvalue weighted by Crippen LogP contribution is -2.40. The maximum Gasteiger partial charge on any atom is 0.270 e. The summed E-state index contributed by atoms with van der Waals surface area (Å²) in [5, 5.41) is 3.43. The van der Waals surface area contributed by atoms with Crippen molar-refractivity contribution in [3.8, 4) is 33.2 Å². The van der Waals surface area contributed by atoms with E-state index in [1.807, 2.05) is 78.9 Å². The third kappa shape index (κ3) is 3.65. The van der Waals surface area contributed by atoms with Gasteiger partial charge in [0, 0.05) is 5.56 Å². The van der Waals surface area contributed by atoms with Crippen LogP contribution in [0, 0.1) is 0 Å². The monoisotopic (exact) mass is 414 g/mol. The lowest BCUT2D eigenvalue weighted by atomic mass is 10.1. The van der Waals surface area contributed by atoms with Crippen LogP contribution in [0.4, 0.5) is 5.13 Å². The first-order chi connectivity index (χ1) is 14.8. The van der Waals surface area contributed by atoms with Crippen LogP contribution in [0.3, 0.4) is 0 Å². The molecule has 1 aliphatic heterocycles. The van der Waals surface area contributed by atoms with Crippen molar-refractivity contribution in [3.63, 3.8) is 0 Å². The second kappa shape index (κ2) is 8.00. The highest BCUT2D eigenvalue weighted by molar-refractivity contribution is 7.19. The van der Waals surface area contributed by atoms with Gasteiger partial charge in [0.05, 0.1) is 10.6 Å². The first-order valence-electron chi connectivity index (χ1n) is 9.59. The molecule has 0 aliphatic carbocycles. The molecule has 1 unspecified atom stereocenters. The van der Waals surface area contributed by atoms with Gasteiger partial charge in [-0.1, -0.05) is 84.1 Å². The third-order valence-corrected chi connectivity index (χ3v) is 5.76. The Bertz CT molecular complexity index is 1120. The molecular formula is C24H18N2O3S. The minimum Gasteiger partial charge on any atom is -0.485 e. The number of nitrogens with one attached hydrogen (secondary N) is 1. The maximum absolute atomic E-state index is 12.8. The van der Waals surface area contributed by atoms with Crippen LogP contribution in [0.5, 0.6) is 11.5 Å². The Morgan fingerprint density at radius 1 is 0.867 bits per heavy atom. The van der Waals surface area contributed by atoms with Gasteiger partial charge in [0.2, 0.25) is 6.10 Å². The number of nitrogens with zero attached hydrogens (tertiary/aromatic N) is 1. The molecule has 4 aromatic rings. The topological polar surface area (TPSA) is 60.5 Å². The number of benzene rings is 3. The first kappa shape index (κ1) is 18.4. The Morgan fingerprint density at radius 3 is 2.23 bits per heavy atom. The van der Waals surface area contributed by atoms with Gasteiger partial charge in [-0.05, 0) is 17.7 Å². The number of rotatable bonds is 4. The molecule has 0 radical (unpaired) electrons. The number of fused-ring (bicyclic) bond motifs is 1. The fraction of sp³-hybridized carbons (Fsp3) is 0.0833. The summed E-state index contributed by atoms with van der Waals surface area (Å²) in [5.41, 5.74) is 2.90. The van der Waals surface area contributed by atoms with Gasteiger partial charge >= 0.3 is 0 Å². The van der Waals surface area contributed by atoms with E-state index < -0.39 is 6.10 Å². The number of ether oxygens (including phenoxy) is 2. The van der Waals surface area contributed by atoms with Crippen molar-refractivity contribution in [2.24, 2.45) is 0 Å². The van der Waals surface area contributed by atoms with Crippen molar-refractivity contribution in [2.75, 3.05) is 11.9 Å². The molecular weight excluding hydrogens is 396 g/mol. The standard InChI is InChI=1S/C24H18N2O3S/c27-23(20-15-28-18-13-7-8-14-19(18)29-20)26-24-25-21(16-9-3-1-4-10-16)22(30-24)17-11-5-2-6-12-17/h1-14,20H,15H2,(H,25,26,27). The average molecular weight is 414 g/mol. The summed E-state index contributed by atoms with van der Waals surface area (Å²) in [5.74, 6) is 0.934. The Hall–Kier alpha value is -3.64. The van der Waals surface area contributed by atoms with Gasteiger partial charge in [-0.25, -0.2) is 4.98 Å². The molecule has 5 nitrogen and oxygen atoms in total. The van der Waals surface area contributed by atoms with Crippen LogP contribution < -0.4 is 14.8 Å². The molecule has 0 bridgehead atoms. The Kier molecular flexibility index (Phi) is 4.91. The molecule has 0 spiro atoms. The molecule has 1 aromatic heterocycles. The highest BCUT2D eigenvalue weighted by Gasteiger charge is 2.28. The Balaban J connectivity index is 1.43. The Morgan fingerprint density at radius 2 is 1.50 bits per heavy atom. The molecule has 0 saturated heterocycles. The molecule has 1 amide bonds. The summed E-state index contributed by atoms with van der Waals surface area (Å²) in [6.45, 7) is 0.158. The number of carbonyl (C=O) groups is 1. The normalized spacial score (nSPS) is 14.9. The molecule has 2 heterocycles. The lowest BCUT2D eigenvalue weighted by Gasteiger charge is -2.25. The quantitative estimate of drug-likeness (QED) is 0.495. The van der Waals surface area contributed by atoms with Gasteiger partial charge < -0.3 is 9.47 Å². The number of aromatic nitrogens is 1. The SMILES string of the molecule is O=C(Nc1nc(-c2ccccc2)c(-c2ccccc2)s1)C1COc2ccccc2O1. The summed E-state index contributed by atoms with van der Waals surface area (Å²) < 4.78 is 11.5. The molecule has 6 heteroatoms. The van der Waals surface area contributed by atoms with Crippen LogP contribution in [0.1, 0.15) is 0 Å². The van der Waals surface area contributed by atoms with E-state index in [2.05, 4.69) is 5.32 Å². The van der Waals surface area contributed by atoms with Gasteiger partial charge in [0.1, 0.15) is 6.61 Å². The van der Waals surface area contributed by atoms with Crippen LogP contribution in [0.15, 0.2) is 84.9 Å². The summed E-state index contributed by atoms with van der Waals surface area (Å²) in [4.78, 5) is 18.6. The summed E-state index contributed by atoms with van der Waals surface area (Å²) >= 11 is 1.45. The molecule has 148 valence electrons. The predicted octanol–water partition coefficient (Wildman–Crippen LogP) is 5.26. The van der Waals surface area contributed by atoms with Crippen molar-refractivity contribution in [2.45, 2.75) is 6.10 Å². The van der Waals surface area contributed by atoms with Crippen molar-refractivity contribution >= 4 is 22.4 Å². The molecule has 30 heavy (non-hydrogen) atoms. The van der Waals surface area contributed by atoms with Crippen LogP contribution in [0.25, 0.3) is 21.7 Å². The van der Waals surface area contributed by atoms with E-state index >= 15 is 0 Å².